The Morgan fingerprint density at radius 3 is 2.76 bits per heavy atom. The van der Waals surface area contributed by atoms with Gasteiger partial charge in [-0.2, -0.15) is 0 Å². The highest BCUT2D eigenvalue weighted by Crippen LogP contribution is 2.56. The molecule has 1 spiro atoms. The highest BCUT2D eigenvalue weighted by Gasteiger charge is 2.45. The Hall–Kier alpha value is -0.820. The molecule has 1 unspecified atom stereocenters. The third-order valence-corrected chi connectivity index (χ3v) is 4.99. The van der Waals surface area contributed by atoms with E-state index < -0.39 is 0 Å². The summed E-state index contributed by atoms with van der Waals surface area (Å²) in [7, 11) is 0. The zero-order valence-electron chi connectivity index (χ0n) is 10.8. The van der Waals surface area contributed by atoms with Gasteiger partial charge in [-0.25, -0.2) is 0 Å². The molecule has 17 heavy (non-hydrogen) atoms. The second-order valence-corrected chi connectivity index (χ2v) is 6.00. The molecule has 0 aliphatic heterocycles. The van der Waals surface area contributed by atoms with Crippen LogP contribution in [0.25, 0.3) is 0 Å². The molecule has 1 atom stereocenters. The van der Waals surface area contributed by atoms with Crippen molar-refractivity contribution in [3.8, 4) is 0 Å². The maximum Gasteiger partial charge on any atom is -0.00357 e. The van der Waals surface area contributed by atoms with Crippen LogP contribution in [-0.2, 0) is 5.41 Å². The predicted molar refractivity (Wildman–Crippen MR) is 72.4 cm³/mol. The molecular formula is C16H23N. The summed E-state index contributed by atoms with van der Waals surface area (Å²) in [5.41, 5.74) is 11.2. The molecule has 1 nitrogen and oxygen atoms in total. The molecule has 1 fully saturated rings. The van der Waals surface area contributed by atoms with Gasteiger partial charge in [-0.15, -0.1) is 0 Å². The molecule has 0 heterocycles. The third kappa shape index (κ3) is 1.63. The summed E-state index contributed by atoms with van der Waals surface area (Å²) in [6.45, 7) is 3.12. The fourth-order valence-corrected chi connectivity index (χ4v) is 4.40. The van der Waals surface area contributed by atoms with Crippen LogP contribution in [0.2, 0.25) is 0 Å². The Kier molecular flexibility index (Phi) is 2.74. The Morgan fingerprint density at radius 2 is 2.06 bits per heavy atom. The number of aryl methyl sites for hydroxylation is 1. The topological polar surface area (TPSA) is 26.0 Å². The van der Waals surface area contributed by atoms with Crippen LogP contribution in [0.5, 0.6) is 0 Å². The fraction of sp³-hybridized carbons (Fsp3) is 0.625. The van der Waals surface area contributed by atoms with Gasteiger partial charge in [0.15, 0.2) is 0 Å². The maximum absolute atomic E-state index is 5.79. The first kappa shape index (κ1) is 11.3. The van der Waals surface area contributed by atoms with Crippen LogP contribution in [0.4, 0.5) is 0 Å². The van der Waals surface area contributed by atoms with Crippen LogP contribution in [-0.4, -0.2) is 6.54 Å². The van der Waals surface area contributed by atoms with E-state index in [2.05, 4.69) is 25.1 Å². The minimum atomic E-state index is 0.528. The van der Waals surface area contributed by atoms with Gasteiger partial charge in [0.2, 0.25) is 0 Å². The van der Waals surface area contributed by atoms with Crippen molar-refractivity contribution >= 4 is 0 Å². The smallest absolute Gasteiger partial charge is 0.00357 e. The van der Waals surface area contributed by atoms with Crippen LogP contribution in [0.1, 0.15) is 61.1 Å². The summed E-state index contributed by atoms with van der Waals surface area (Å²) in [6, 6.07) is 6.88. The van der Waals surface area contributed by atoms with Crippen molar-refractivity contribution in [3.05, 3.63) is 34.9 Å². The van der Waals surface area contributed by atoms with Crippen molar-refractivity contribution < 1.29 is 0 Å². The Balaban J connectivity index is 2.08. The van der Waals surface area contributed by atoms with Crippen LogP contribution in [0.15, 0.2) is 18.2 Å². The van der Waals surface area contributed by atoms with E-state index >= 15 is 0 Å². The SMILES string of the molecule is Cc1cccc2c1C1(CCCC1)CC2CCN. The van der Waals surface area contributed by atoms with Crippen molar-refractivity contribution in [3.63, 3.8) is 0 Å². The molecule has 1 heteroatoms. The highest BCUT2D eigenvalue weighted by molar-refractivity contribution is 5.48. The predicted octanol–water partition coefficient (Wildman–Crippen LogP) is 3.64. The van der Waals surface area contributed by atoms with E-state index in [-0.39, 0.29) is 0 Å². The quantitative estimate of drug-likeness (QED) is 0.823. The van der Waals surface area contributed by atoms with Gasteiger partial charge in [-0.05, 0) is 67.2 Å². The lowest BCUT2D eigenvalue weighted by atomic mass is 9.78. The average molecular weight is 229 g/mol. The molecule has 2 aliphatic rings. The van der Waals surface area contributed by atoms with Crippen LogP contribution in [0, 0.1) is 6.92 Å². The van der Waals surface area contributed by atoms with Crippen molar-refractivity contribution in [1.82, 2.24) is 0 Å². The molecule has 0 saturated heterocycles. The van der Waals surface area contributed by atoms with Gasteiger partial charge in [-0.1, -0.05) is 31.0 Å². The molecule has 1 aromatic carbocycles. The summed E-state index contributed by atoms with van der Waals surface area (Å²) in [5.74, 6) is 0.730. The van der Waals surface area contributed by atoms with E-state index in [1.807, 2.05) is 0 Å². The second-order valence-electron chi connectivity index (χ2n) is 6.00. The third-order valence-electron chi connectivity index (χ3n) is 4.99. The monoisotopic (exact) mass is 229 g/mol. The Morgan fingerprint density at radius 1 is 1.29 bits per heavy atom. The summed E-state index contributed by atoms with van der Waals surface area (Å²) in [6.07, 6.45) is 8.19. The molecule has 0 amide bonds. The van der Waals surface area contributed by atoms with E-state index in [1.165, 1.54) is 37.7 Å². The van der Waals surface area contributed by atoms with Crippen molar-refractivity contribution in [2.75, 3.05) is 6.54 Å². The largest absolute Gasteiger partial charge is 0.330 e. The van der Waals surface area contributed by atoms with Gasteiger partial charge in [0, 0.05) is 0 Å². The number of benzene rings is 1. The number of rotatable bonds is 2. The maximum atomic E-state index is 5.79. The summed E-state index contributed by atoms with van der Waals surface area (Å²) in [5, 5.41) is 0. The molecule has 3 rings (SSSR count). The number of hydrogen-bond acceptors (Lipinski definition) is 1. The van der Waals surface area contributed by atoms with Gasteiger partial charge in [0.05, 0.1) is 0 Å². The molecule has 1 aromatic rings. The standard InChI is InChI=1S/C16H23N/c1-12-5-4-6-14-13(7-10-17)11-16(15(12)14)8-2-3-9-16/h4-6,13H,2-3,7-11,17H2,1H3. The van der Waals surface area contributed by atoms with Gasteiger partial charge >= 0.3 is 0 Å². The Bertz CT molecular complexity index is 416. The minimum Gasteiger partial charge on any atom is -0.330 e. The van der Waals surface area contributed by atoms with Crippen molar-refractivity contribution in [2.24, 2.45) is 5.73 Å². The lowest BCUT2D eigenvalue weighted by molar-refractivity contribution is 0.400. The summed E-state index contributed by atoms with van der Waals surface area (Å²) >= 11 is 0. The lowest BCUT2D eigenvalue weighted by Crippen LogP contribution is -2.19. The molecule has 2 aliphatic carbocycles. The molecule has 0 radical (unpaired) electrons. The van der Waals surface area contributed by atoms with E-state index in [1.54, 1.807) is 11.1 Å². The zero-order chi connectivity index (χ0) is 11.9. The minimum absolute atomic E-state index is 0.528. The lowest BCUT2D eigenvalue weighted by Gasteiger charge is -2.26. The summed E-state index contributed by atoms with van der Waals surface area (Å²) < 4.78 is 0. The molecule has 0 aromatic heterocycles. The van der Waals surface area contributed by atoms with E-state index in [0.29, 0.717) is 5.41 Å². The van der Waals surface area contributed by atoms with E-state index in [9.17, 15) is 0 Å². The first-order valence-electron chi connectivity index (χ1n) is 7.07. The van der Waals surface area contributed by atoms with Crippen LogP contribution in [0.3, 0.4) is 0 Å². The average Bonchev–Trinajstić information content (AvgIpc) is 2.88. The van der Waals surface area contributed by atoms with Crippen molar-refractivity contribution in [1.29, 1.82) is 0 Å². The number of nitrogens with two attached hydrogens (primary N) is 1. The molecule has 1 saturated carbocycles. The van der Waals surface area contributed by atoms with Gasteiger partial charge in [-0.3, -0.25) is 0 Å². The van der Waals surface area contributed by atoms with E-state index in [0.717, 1.165) is 18.9 Å². The van der Waals surface area contributed by atoms with Gasteiger partial charge in [0.25, 0.3) is 0 Å². The van der Waals surface area contributed by atoms with Crippen LogP contribution >= 0.6 is 0 Å². The molecule has 0 bridgehead atoms. The second kappa shape index (κ2) is 4.13. The Labute approximate surface area is 104 Å². The normalized spacial score (nSPS) is 25.4. The summed E-state index contributed by atoms with van der Waals surface area (Å²) in [4.78, 5) is 0. The highest BCUT2D eigenvalue weighted by atomic mass is 14.6. The fourth-order valence-electron chi connectivity index (χ4n) is 4.40. The first-order chi connectivity index (χ1) is 8.27. The molecule has 2 N–H and O–H groups in total. The van der Waals surface area contributed by atoms with Crippen molar-refractivity contribution in [2.45, 2.75) is 56.8 Å². The van der Waals surface area contributed by atoms with Crippen LogP contribution < -0.4 is 5.73 Å². The molecule has 92 valence electrons. The first-order valence-corrected chi connectivity index (χ1v) is 7.07. The zero-order valence-corrected chi connectivity index (χ0v) is 10.8. The number of fused-ring (bicyclic) bond motifs is 2. The molecular weight excluding hydrogens is 206 g/mol. The van der Waals surface area contributed by atoms with E-state index in [4.69, 9.17) is 5.73 Å². The number of hydrogen-bond donors (Lipinski definition) is 1. The van der Waals surface area contributed by atoms with Gasteiger partial charge < -0.3 is 5.73 Å². The van der Waals surface area contributed by atoms with Gasteiger partial charge in [0.1, 0.15) is 0 Å².